The Kier molecular flexibility index (Phi) is 4.39. The minimum Gasteiger partial charge on any atom is -0.399 e. The van der Waals surface area contributed by atoms with Crippen molar-refractivity contribution in [3.63, 3.8) is 0 Å². The maximum atomic E-state index is 5.84. The summed E-state index contributed by atoms with van der Waals surface area (Å²) in [6.07, 6.45) is 4.54. The molecule has 1 aromatic heterocycles. The summed E-state index contributed by atoms with van der Waals surface area (Å²) in [5, 5.41) is 0. The first kappa shape index (κ1) is 15.2. The number of benzene rings is 2. The minimum absolute atomic E-state index is 0.414. The third kappa shape index (κ3) is 3.76. The summed E-state index contributed by atoms with van der Waals surface area (Å²) in [5.74, 6) is 0.997. The first-order valence-corrected chi connectivity index (χ1v) is 7.76. The number of nitrogens with zero attached hydrogens (tertiary/aromatic N) is 2. The Morgan fingerprint density at radius 1 is 1.09 bits per heavy atom. The van der Waals surface area contributed by atoms with E-state index in [2.05, 4.69) is 21.7 Å². The molecule has 0 amide bonds. The Hall–Kier alpha value is -2.66. The predicted molar refractivity (Wildman–Crippen MR) is 97.3 cm³/mol. The molecule has 0 aliphatic heterocycles. The normalized spacial score (nSPS) is 10.6. The van der Waals surface area contributed by atoms with Crippen LogP contribution in [0.4, 0.5) is 5.69 Å². The molecule has 4 nitrogen and oxygen atoms in total. The van der Waals surface area contributed by atoms with Gasteiger partial charge in [0.25, 0.3) is 0 Å². The third-order valence-electron chi connectivity index (χ3n) is 3.68. The number of aromatic nitrogens is 2. The van der Waals surface area contributed by atoms with Crippen molar-refractivity contribution in [2.75, 3.05) is 5.73 Å². The van der Waals surface area contributed by atoms with E-state index in [-0.39, 0.29) is 0 Å². The molecule has 3 aromatic rings. The van der Waals surface area contributed by atoms with Crippen molar-refractivity contribution in [3.8, 4) is 0 Å². The van der Waals surface area contributed by atoms with Crippen molar-refractivity contribution < 1.29 is 0 Å². The highest BCUT2D eigenvalue weighted by molar-refractivity contribution is 7.80. The van der Waals surface area contributed by atoms with Crippen molar-refractivity contribution in [2.24, 2.45) is 5.73 Å². The highest BCUT2D eigenvalue weighted by Gasteiger charge is 2.06. The fourth-order valence-corrected chi connectivity index (χ4v) is 2.68. The van der Waals surface area contributed by atoms with Crippen LogP contribution in [0.15, 0.2) is 60.9 Å². The van der Waals surface area contributed by atoms with Crippen LogP contribution in [0.3, 0.4) is 0 Å². The monoisotopic (exact) mass is 322 g/mol. The topological polar surface area (TPSA) is 69.9 Å². The lowest BCUT2D eigenvalue weighted by atomic mass is 10.1. The molecule has 1 heterocycles. The summed E-state index contributed by atoms with van der Waals surface area (Å²) in [4.78, 5) is 4.88. The Morgan fingerprint density at radius 3 is 2.65 bits per heavy atom. The number of nitrogens with two attached hydrogens (primary N) is 2. The molecule has 0 atom stereocenters. The zero-order valence-corrected chi connectivity index (χ0v) is 13.5. The number of hydrogen-bond donors (Lipinski definition) is 2. The molecular weight excluding hydrogens is 304 g/mol. The molecule has 3 rings (SSSR count). The summed E-state index contributed by atoms with van der Waals surface area (Å²) in [7, 11) is 0. The first-order valence-electron chi connectivity index (χ1n) is 7.35. The number of hydrogen-bond acceptors (Lipinski definition) is 3. The number of anilines is 1. The maximum absolute atomic E-state index is 5.84. The van der Waals surface area contributed by atoms with Gasteiger partial charge in [0.1, 0.15) is 10.8 Å². The molecule has 4 N–H and O–H groups in total. The lowest BCUT2D eigenvalue weighted by Crippen LogP contribution is -2.10. The molecule has 0 fully saturated rings. The molecule has 0 aliphatic carbocycles. The quantitative estimate of drug-likeness (QED) is 0.560. The van der Waals surface area contributed by atoms with Crippen LogP contribution in [0.1, 0.15) is 22.5 Å². The van der Waals surface area contributed by atoms with E-state index in [1.165, 1.54) is 0 Å². The molecule has 116 valence electrons. The molecule has 2 aromatic carbocycles. The van der Waals surface area contributed by atoms with E-state index in [0.717, 1.165) is 41.2 Å². The highest BCUT2D eigenvalue weighted by Crippen LogP contribution is 2.14. The molecule has 0 bridgehead atoms. The smallest absolute Gasteiger partial charge is 0.113 e. The fourth-order valence-electron chi connectivity index (χ4n) is 2.56. The van der Waals surface area contributed by atoms with Crippen molar-refractivity contribution in [1.82, 2.24) is 9.55 Å². The van der Waals surface area contributed by atoms with Crippen LogP contribution in [0, 0.1) is 0 Å². The Labute approximate surface area is 140 Å². The zero-order chi connectivity index (χ0) is 16.2. The minimum atomic E-state index is 0.414. The van der Waals surface area contributed by atoms with Gasteiger partial charge in [-0.15, -0.1) is 0 Å². The van der Waals surface area contributed by atoms with Gasteiger partial charge >= 0.3 is 0 Å². The van der Waals surface area contributed by atoms with Crippen LogP contribution >= 0.6 is 12.2 Å². The molecule has 0 saturated heterocycles. The van der Waals surface area contributed by atoms with Gasteiger partial charge in [-0.1, -0.05) is 42.5 Å². The molecule has 0 radical (unpaired) electrons. The zero-order valence-electron chi connectivity index (χ0n) is 12.6. The van der Waals surface area contributed by atoms with E-state index in [1.807, 2.05) is 48.8 Å². The van der Waals surface area contributed by atoms with Gasteiger partial charge in [-0.25, -0.2) is 4.98 Å². The summed E-state index contributed by atoms with van der Waals surface area (Å²) >= 11 is 5.04. The van der Waals surface area contributed by atoms with E-state index in [1.54, 1.807) is 0 Å². The SMILES string of the molecule is NC(=S)c1cccc(Cn2ccnc2Cc2cccc(N)c2)c1. The van der Waals surface area contributed by atoms with E-state index < -0.39 is 0 Å². The second-order valence-electron chi connectivity index (χ2n) is 5.46. The van der Waals surface area contributed by atoms with Crippen LogP contribution in [-0.4, -0.2) is 14.5 Å². The molecule has 0 aliphatic rings. The average molecular weight is 322 g/mol. The van der Waals surface area contributed by atoms with Crippen LogP contribution in [0.25, 0.3) is 0 Å². The molecule has 0 saturated carbocycles. The standard InChI is InChI=1S/C18H18N4S/c19-16-6-2-3-13(10-16)11-17-21-7-8-22(17)12-14-4-1-5-15(9-14)18(20)23/h1-10H,11-12,19H2,(H2,20,23). The number of rotatable bonds is 5. The number of thiocarbonyl (C=S) groups is 1. The summed E-state index contributed by atoms with van der Waals surface area (Å²) in [5.41, 5.74) is 15.5. The van der Waals surface area contributed by atoms with Gasteiger partial charge in [0, 0.05) is 36.6 Å². The van der Waals surface area contributed by atoms with Gasteiger partial charge in [0.15, 0.2) is 0 Å². The maximum Gasteiger partial charge on any atom is 0.113 e. The van der Waals surface area contributed by atoms with Crippen molar-refractivity contribution in [3.05, 3.63) is 83.4 Å². The second-order valence-corrected chi connectivity index (χ2v) is 5.90. The van der Waals surface area contributed by atoms with E-state index in [4.69, 9.17) is 23.7 Å². The Bertz CT molecular complexity index is 838. The first-order chi connectivity index (χ1) is 11.1. The summed E-state index contributed by atoms with van der Waals surface area (Å²) in [6, 6.07) is 15.9. The van der Waals surface area contributed by atoms with E-state index in [9.17, 15) is 0 Å². The van der Waals surface area contributed by atoms with Crippen LogP contribution in [0.2, 0.25) is 0 Å². The predicted octanol–water partition coefficient (Wildman–Crippen LogP) is 2.74. The molecular formula is C18H18N4S. The van der Waals surface area contributed by atoms with Gasteiger partial charge in [-0.3, -0.25) is 0 Å². The van der Waals surface area contributed by atoms with Crippen molar-refractivity contribution >= 4 is 22.9 Å². The van der Waals surface area contributed by atoms with Gasteiger partial charge in [-0.2, -0.15) is 0 Å². The van der Waals surface area contributed by atoms with Gasteiger partial charge in [0.05, 0.1) is 0 Å². The lowest BCUT2D eigenvalue weighted by Gasteiger charge is -2.10. The summed E-state index contributed by atoms with van der Waals surface area (Å²) < 4.78 is 2.13. The van der Waals surface area contributed by atoms with Crippen LogP contribution in [-0.2, 0) is 13.0 Å². The molecule has 0 unspecified atom stereocenters. The summed E-state index contributed by atoms with van der Waals surface area (Å²) in [6.45, 7) is 0.730. The second kappa shape index (κ2) is 6.62. The largest absolute Gasteiger partial charge is 0.399 e. The fraction of sp³-hybridized carbons (Fsp3) is 0.111. The van der Waals surface area contributed by atoms with Crippen molar-refractivity contribution in [2.45, 2.75) is 13.0 Å². The average Bonchev–Trinajstić information content (AvgIpc) is 2.94. The molecule has 0 spiro atoms. The Balaban J connectivity index is 1.81. The van der Waals surface area contributed by atoms with Gasteiger partial charge in [-0.05, 0) is 29.3 Å². The molecule has 5 heteroatoms. The lowest BCUT2D eigenvalue weighted by molar-refractivity contribution is 0.740. The van der Waals surface area contributed by atoms with E-state index >= 15 is 0 Å². The highest BCUT2D eigenvalue weighted by atomic mass is 32.1. The van der Waals surface area contributed by atoms with E-state index in [0.29, 0.717) is 4.99 Å². The van der Waals surface area contributed by atoms with Crippen LogP contribution in [0.5, 0.6) is 0 Å². The molecule has 23 heavy (non-hydrogen) atoms. The van der Waals surface area contributed by atoms with Gasteiger partial charge in [0.2, 0.25) is 0 Å². The van der Waals surface area contributed by atoms with Gasteiger partial charge < -0.3 is 16.0 Å². The van der Waals surface area contributed by atoms with Crippen molar-refractivity contribution in [1.29, 1.82) is 0 Å². The Morgan fingerprint density at radius 2 is 1.87 bits per heavy atom. The third-order valence-corrected chi connectivity index (χ3v) is 3.92. The van der Waals surface area contributed by atoms with Crippen LogP contribution < -0.4 is 11.5 Å². The number of imidazole rings is 1. The number of nitrogen functional groups attached to an aromatic ring is 1.